The second kappa shape index (κ2) is 7.17. The average Bonchev–Trinajstić information content (AvgIpc) is 2.19. The highest BCUT2D eigenvalue weighted by molar-refractivity contribution is 6.30. The Morgan fingerprint density at radius 3 is 2.50 bits per heavy atom. The van der Waals surface area contributed by atoms with Crippen LogP contribution < -0.4 is 10.2 Å². The molecule has 0 aromatic carbocycles. The molecule has 1 N–H and O–H groups in total. The largest absolute Gasteiger partial charge is 0.354 e. The Morgan fingerprint density at radius 2 is 1.94 bits per heavy atom. The fourth-order valence-electron chi connectivity index (χ4n) is 1.74. The molecular formula is C10H16Cl3N3. The number of rotatable bonds is 1. The monoisotopic (exact) mass is 283 g/mol. The lowest BCUT2D eigenvalue weighted by atomic mass is 10.2. The van der Waals surface area contributed by atoms with Crippen LogP contribution in [0.1, 0.15) is 5.56 Å². The number of nitrogens with one attached hydrogen (secondary N) is 1. The lowest BCUT2D eigenvalue weighted by Crippen LogP contribution is -2.44. The molecular weight excluding hydrogens is 268 g/mol. The van der Waals surface area contributed by atoms with Crippen LogP contribution in [0.2, 0.25) is 5.02 Å². The quantitative estimate of drug-likeness (QED) is 0.858. The van der Waals surface area contributed by atoms with E-state index in [4.69, 9.17) is 11.6 Å². The minimum Gasteiger partial charge on any atom is -0.354 e. The molecule has 2 rings (SSSR count). The molecule has 0 saturated carbocycles. The second-order valence-electron chi connectivity index (χ2n) is 3.53. The fourth-order valence-corrected chi connectivity index (χ4v) is 1.95. The zero-order valence-electron chi connectivity index (χ0n) is 9.07. The predicted octanol–water partition coefficient (Wildman–Crippen LogP) is 2.30. The van der Waals surface area contributed by atoms with Crippen LogP contribution in [0.4, 0.5) is 5.82 Å². The van der Waals surface area contributed by atoms with Crippen LogP contribution in [-0.4, -0.2) is 31.2 Å². The van der Waals surface area contributed by atoms with Crippen LogP contribution in [0.25, 0.3) is 0 Å². The number of piperazine rings is 1. The summed E-state index contributed by atoms with van der Waals surface area (Å²) in [6.07, 6.45) is 1.71. The van der Waals surface area contributed by atoms with E-state index in [9.17, 15) is 0 Å². The third kappa shape index (κ3) is 3.67. The van der Waals surface area contributed by atoms with E-state index in [0.717, 1.165) is 37.6 Å². The molecule has 0 unspecified atom stereocenters. The third-order valence-electron chi connectivity index (χ3n) is 2.43. The molecule has 92 valence electrons. The van der Waals surface area contributed by atoms with Crippen molar-refractivity contribution in [3.05, 3.63) is 22.8 Å². The maximum Gasteiger partial charge on any atom is 0.131 e. The molecule has 1 aromatic heterocycles. The van der Waals surface area contributed by atoms with Gasteiger partial charge in [-0.1, -0.05) is 11.6 Å². The minimum atomic E-state index is 0. The normalized spacial score (nSPS) is 15.0. The molecule has 0 aliphatic carbocycles. The van der Waals surface area contributed by atoms with Gasteiger partial charge in [0.2, 0.25) is 0 Å². The topological polar surface area (TPSA) is 28.2 Å². The number of hydrogen-bond donors (Lipinski definition) is 1. The lowest BCUT2D eigenvalue weighted by molar-refractivity contribution is 0.584. The van der Waals surface area contributed by atoms with E-state index in [-0.39, 0.29) is 24.8 Å². The van der Waals surface area contributed by atoms with Crippen molar-refractivity contribution in [3.8, 4) is 0 Å². The number of nitrogens with zero attached hydrogens (tertiary/aromatic N) is 2. The summed E-state index contributed by atoms with van der Waals surface area (Å²) in [6.45, 7) is 6.16. The lowest BCUT2D eigenvalue weighted by Gasteiger charge is -2.29. The Balaban J connectivity index is 0.00000112. The van der Waals surface area contributed by atoms with Crippen molar-refractivity contribution in [2.75, 3.05) is 31.1 Å². The van der Waals surface area contributed by atoms with Crippen LogP contribution in [0, 0.1) is 6.92 Å². The van der Waals surface area contributed by atoms with Crippen LogP contribution >= 0.6 is 36.4 Å². The minimum absolute atomic E-state index is 0. The fraction of sp³-hybridized carbons (Fsp3) is 0.500. The molecule has 0 amide bonds. The highest BCUT2D eigenvalue weighted by Gasteiger charge is 2.13. The first kappa shape index (κ1) is 15.8. The second-order valence-corrected chi connectivity index (χ2v) is 3.97. The van der Waals surface area contributed by atoms with Gasteiger partial charge in [-0.25, -0.2) is 4.98 Å². The Morgan fingerprint density at radius 1 is 1.31 bits per heavy atom. The van der Waals surface area contributed by atoms with Gasteiger partial charge >= 0.3 is 0 Å². The van der Waals surface area contributed by atoms with E-state index >= 15 is 0 Å². The highest BCUT2D eigenvalue weighted by Crippen LogP contribution is 2.20. The van der Waals surface area contributed by atoms with E-state index in [1.807, 2.05) is 6.07 Å². The molecule has 1 aromatic rings. The van der Waals surface area contributed by atoms with Gasteiger partial charge in [0.15, 0.2) is 0 Å². The molecule has 1 saturated heterocycles. The van der Waals surface area contributed by atoms with E-state index in [2.05, 4.69) is 22.1 Å². The number of hydrogen-bond acceptors (Lipinski definition) is 3. The number of aromatic nitrogens is 1. The maximum absolute atomic E-state index is 5.86. The van der Waals surface area contributed by atoms with Gasteiger partial charge < -0.3 is 10.2 Å². The first-order valence-corrected chi connectivity index (χ1v) is 5.23. The predicted molar refractivity (Wildman–Crippen MR) is 73.6 cm³/mol. The van der Waals surface area contributed by atoms with Gasteiger partial charge in [-0.2, -0.15) is 0 Å². The molecule has 0 spiro atoms. The molecule has 1 fully saturated rings. The summed E-state index contributed by atoms with van der Waals surface area (Å²) >= 11 is 5.86. The van der Waals surface area contributed by atoms with E-state index < -0.39 is 0 Å². The number of aryl methyl sites for hydroxylation is 1. The zero-order valence-corrected chi connectivity index (χ0v) is 11.5. The summed E-state index contributed by atoms with van der Waals surface area (Å²) in [5.41, 5.74) is 1.15. The molecule has 0 bridgehead atoms. The van der Waals surface area contributed by atoms with Crippen molar-refractivity contribution in [2.24, 2.45) is 0 Å². The Labute approximate surface area is 113 Å². The highest BCUT2D eigenvalue weighted by atomic mass is 35.5. The van der Waals surface area contributed by atoms with Crippen molar-refractivity contribution in [1.82, 2.24) is 10.3 Å². The molecule has 6 heteroatoms. The zero-order chi connectivity index (χ0) is 9.97. The van der Waals surface area contributed by atoms with Gasteiger partial charge in [0.1, 0.15) is 5.82 Å². The van der Waals surface area contributed by atoms with Crippen LogP contribution in [-0.2, 0) is 0 Å². The van der Waals surface area contributed by atoms with Crippen LogP contribution in [0.15, 0.2) is 12.3 Å². The van der Waals surface area contributed by atoms with Gasteiger partial charge in [-0.15, -0.1) is 24.8 Å². The first-order chi connectivity index (χ1) is 6.77. The molecule has 0 radical (unpaired) electrons. The Bertz CT molecular complexity index is 327. The van der Waals surface area contributed by atoms with Gasteiger partial charge in [0.25, 0.3) is 0 Å². The van der Waals surface area contributed by atoms with Gasteiger partial charge in [0, 0.05) is 32.4 Å². The van der Waals surface area contributed by atoms with E-state index in [1.54, 1.807) is 6.20 Å². The summed E-state index contributed by atoms with van der Waals surface area (Å²) in [7, 11) is 0. The number of pyridine rings is 1. The van der Waals surface area contributed by atoms with Crippen molar-refractivity contribution < 1.29 is 0 Å². The van der Waals surface area contributed by atoms with Crippen LogP contribution in [0.3, 0.4) is 0 Å². The third-order valence-corrected chi connectivity index (χ3v) is 2.64. The summed E-state index contributed by atoms with van der Waals surface area (Å²) in [5.74, 6) is 1.07. The van der Waals surface area contributed by atoms with Gasteiger partial charge in [-0.3, -0.25) is 0 Å². The summed E-state index contributed by atoms with van der Waals surface area (Å²) in [4.78, 5) is 6.66. The van der Waals surface area contributed by atoms with Crippen molar-refractivity contribution >= 4 is 42.2 Å². The first-order valence-electron chi connectivity index (χ1n) is 4.85. The average molecular weight is 285 g/mol. The van der Waals surface area contributed by atoms with Crippen molar-refractivity contribution in [3.63, 3.8) is 0 Å². The summed E-state index contributed by atoms with van der Waals surface area (Å²) in [6, 6.07) is 1.96. The van der Waals surface area contributed by atoms with Crippen molar-refractivity contribution in [2.45, 2.75) is 6.92 Å². The van der Waals surface area contributed by atoms with Gasteiger partial charge in [-0.05, 0) is 18.6 Å². The van der Waals surface area contributed by atoms with E-state index in [1.165, 1.54) is 0 Å². The molecule has 1 aliphatic heterocycles. The molecule has 16 heavy (non-hydrogen) atoms. The van der Waals surface area contributed by atoms with Crippen molar-refractivity contribution in [1.29, 1.82) is 0 Å². The van der Waals surface area contributed by atoms with E-state index in [0.29, 0.717) is 5.02 Å². The molecule has 1 aliphatic rings. The number of halogens is 3. The summed E-state index contributed by atoms with van der Waals surface area (Å²) < 4.78 is 0. The Kier molecular flexibility index (Phi) is 7.07. The standard InChI is InChI=1S/C10H14ClN3.2ClH/c1-8-6-9(11)7-13-10(8)14-4-2-12-3-5-14;;/h6-7,12H,2-5H2,1H3;2*1H. The SMILES string of the molecule is Cc1cc(Cl)cnc1N1CCNCC1.Cl.Cl. The molecule has 2 heterocycles. The summed E-state index contributed by atoms with van der Waals surface area (Å²) in [5, 5.41) is 4.03. The number of anilines is 1. The molecule has 3 nitrogen and oxygen atoms in total. The molecule has 0 atom stereocenters. The van der Waals surface area contributed by atoms with Gasteiger partial charge in [0.05, 0.1) is 5.02 Å². The maximum atomic E-state index is 5.86. The Hall–Kier alpha value is -0.220. The van der Waals surface area contributed by atoms with Crippen LogP contribution in [0.5, 0.6) is 0 Å². The smallest absolute Gasteiger partial charge is 0.131 e.